The topological polar surface area (TPSA) is 91.0 Å². The van der Waals surface area contributed by atoms with Crippen LogP contribution in [0.4, 0.5) is 20.3 Å². The number of hydrogen-bond acceptors (Lipinski definition) is 6. The Morgan fingerprint density at radius 1 is 0.977 bits per heavy atom. The van der Waals surface area contributed by atoms with Crippen LogP contribution in [0.1, 0.15) is 35.2 Å². The lowest BCUT2D eigenvalue weighted by Gasteiger charge is -2.18. The molecule has 2 aromatic carbocycles. The zero-order valence-corrected chi connectivity index (χ0v) is 24.7. The van der Waals surface area contributed by atoms with Crippen LogP contribution < -0.4 is 21.3 Å². The van der Waals surface area contributed by atoms with Crippen LogP contribution in [0.3, 0.4) is 0 Å². The number of aryl methyl sites for hydroxylation is 2. The predicted molar refractivity (Wildman–Crippen MR) is 164 cm³/mol. The lowest BCUT2D eigenvalue weighted by molar-refractivity contribution is 0.146. The molecule has 5 aromatic rings. The third-order valence-corrected chi connectivity index (χ3v) is 8.50. The van der Waals surface area contributed by atoms with Crippen molar-refractivity contribution in [3.63, 3.8) is 0 Å². The second kappa shape index (κ2) is 10.9. The van der Waals surface area contributed by atoms with E-state index in [0.29, 0.717) is 16.6 Å². The van der Waals surface area contributed by atoms with E-state index in [-0.39, 0.29) is 16.7 Å². The van der Waals surface area contributed by atoms with Crippen LogP contribution in [0.15, 0.2) is 58.1 Å². The van der Waals surface area contributed by atoms with E-state index in [1.54, 1.807) is 19.2 Å². The van der Waals surface area contributed by atoms with Crippen molar-refractivity contribution in [2.45, 2.75) is 32.6 Å². The minimum atomic E-state index is -2.91. The average Bonchev–Trinajstić information content (AvgIpc) is 3.48. The van der Waals surface area contributed by atoms with Gasteiger partial charge in [0, 0.05) is 36.5 Å². The number of aromatic nitrogens is 4. The van der Waals surface area contributed by atoms with Gasteiger partial charge in [-0.15, -0.1) is 0 Å². The van der Waals surface area contributed by atoms with Crippen LogP contribution in [-0.4, -0.2) is 26.2 Å². The van der Waals surface area contributed by atoms with Gasteiger partial charge >= 0.3 is 5.69 Å². The molecule has 0 atom stereocenters. The van der Waals surface area contributed by atoms with Crippen molar-refractivity contribution < 1.29 is 13.5 Å². The molecule has 0 saturated heterocycles. The van der Waals surface area contributed by atoms with Crippen molar-refractivity contribution in [3.8, 4) is 28.3 Å². The second-order valence-electron chi connectivity index (χ2n) is 10.6. The Kier molecular flexibility index (Phi) is 7.25. The molecule has 0 bridgehead atoms. The summed E-state index contributed by atoms with van der Waals surface area (Å²) in [7, 11) is 4.38. The van der Waals surface area contributed by atoms with Gasteiger partial charge in [-0.2, -0.15) is 0 Å². The number of rotatable bonds is 6. The van der Waals surface area contributed by atoms with Crippen LogP contribution in [0.25, 0.3) is 33.3 Å². The maximum atomic E-state index is 13.8. The monoisotopic (exact) mass is 603 g/mol. The number of benzene rings is 2. The summed E-state index contributed by atoms with van der Waals surface area (Å²) >= 11 is 7.04. The molecule has 6 rings (SSSR count). The van der Waals surface area contributed by atoms with Gasteiger partial charge in [0.25, 0.3) is 12.0 Å². The highest BCUT2D eigenvalue weighted by atomic mass is 35.5. The Hall–Kier alpha value is -4.57. The molecule has 0 spiro atoms. The number of alkyl halides is 2. The molecule has 0 aliphatic heterocycles. The van der Waals surface area contributed by atoms with E-state index >= 15 is 0 Å². The second-order valence-corrected chi connectivity index (χ2v) is 11.0. The highest BCUT2D eigenvalue weighted by Crippen LogP contribution is 2.41. The first kappa shape index (κ1) is 28.5. The number of anilines is 2. The number of nitrogens with one attached hydrogen (secondary N) is 1. The lowest BCUT2D eigenvalue weighted by Crippen LogP contribution is -2.37. The smallest absolute Gasteiger partial charge is 0.330 e. The first-order valence-corrected chi connectivity index (χ1v) is 14.1. The molecule has 11 heteroatoms. The zero-order chi connectivity index (χ0) is 30.6. The van der Waals surface area contributed by atoms with E-state index in [2.05, 4.69) is 16.4 Å². The number of fused-ring (bicyclic) bond motifs is 2. The Morgan fingerprint density at radius 3 is 2.44 bits per heavy atom. The summed E-state index contributed by atoms with van der Waals surface area (Å²) in [4.78, 5) is 34.5. The van der Waals surface area contributed by atoms with Crippen molar-refractivity contribution in [1.29, 1.82) is 0 Å². The standard InChI is InChI=1S/C32H28ClF2N5O3/c1-16-18(20-11-6-12-21(27(20)33)23-14-17-8-5-10-19(17)30(38-23)43-4)9-7-13-22(16)36-29-26-25(15-24(37-29)28(34)35)39(2)32(42)40(3)31(26)41/h6-7,9,11-15,28H,5,8,10H2,1-4H3,(H,36,37). The fraction of sp³-hybridized carbons (Fsp3) is 0.250. The third-order valence-electron chi connectivity index (χ3n) is 8.09. The largest absolute Gasteiger partial charge is 0.481 e. The summed E-state index contributed by atoms with van der Waals surface area (Å²) in [5, 5.41) is 3.63. The SMILES string of the molecule is COc1nc(-c2cccc(-c3cccc(Nc4nc(C(F)F)cc5c4c(=O)n(C)c(=O)n5C)c3C)c2Cl)cc2c1CCC2. The van der Waals surface area contributed by atoms with Crippen molar-refractivity contribution in [3.05, 3.63) is 96.8 Å². The summed E-state index contributed by atoms with van der Waals surface area (Å²) in [6.07, 6.45) is 0.0317. The summed E-state index contributed by atoms with van der Waals surface area (Å²) in [6, 6.07) is 14.3. The Balaban J connectivity index is 1.48. The summed E-state index contributed by atoms with van der Waals surface area (Å²) < 4.78 is 35.4. The van der Waals surface area contributed by atoms with Gasteiger partial charge in [-0.05, 0) is 61.1 Å². The Bertz CT molecular complexity index is 2060. The van der Waals surface area contributed by atoms with Crippen LogP contribution in [0.5, 0.6) is 5.88 Å². The van der Waals surface area contributed by atoms with E-state index in [1.807, 2.05) is 31.2 Å². The van der Waals surface area contributed by atoms with Gasteiger partial charge in [-0.25, -0.2) is 23.5 Å². The molecule has 0 saturated carbocycles. The number of nitrogens with zero attached hydrogens (tertiary/aromatic N) is 4. The van der Waals surface area contributed by atoms with Crippen molar-refractivity contribution >= 4 is 34.0 Å². The van der Waals surface area contributed by atoms with Crippen molar-refractivity contribution in [2.75, 3.05) is 12.4 Å². The van der Waals surface area contributed by atoms with E-state index < -0.39 is 23.4 Å². The van der Waals surface area contributed by atoms with E-state index in [9.17, 15) is 18.4 Å². The molecule has 3 aromatic heterocycles. The molecule has 0 amide bonds. The minimum absolute atomic E-state index is 0.0236. The number of pyridine rings is 2. The molecule has 1 aliphatic rings. The zero-order valence-electron chi connectivity index (χ0n) is 24.0. The van der Waals surface area contributed by atoms with Crippen LogP contribution in [0, 0.1) is 6.92 Å². The van der Waals surface area contributed by atoms with Gasteiger partial charge in [-0.1, -0.05) is 41.9 Å². The summed E-state index contributed by atoms with van der Waals surface area (Å²) in [5.74, 6) is 0.543. The minimum Gasteiger partial charge on any atom is -0.481 e. The van der Waals surface area contributed by atoms with Gasteiger partial charge in [0.15, 0.2) is 0 Å². The highest BCUT2D eigenvalue weighted by molar-refractivity contribution is 6.36. The highest BCUT2D eigenvalue weighted by Gasteiger charge is 2.23. The number of halogens is 3. The van der Waals surface area contributed by atoms with E-state index in [0.717, 1.165) is 68.0 Å². The van der Waals surface area contributed by atoms with Gasteiger partial charge in [0.1, 0.15) is 16.9 Å². The summed E-state index contributed by atoms with van der Waals surface area (Å²) in [6.45, 7) is 1.87. The number of ether oxygens (including phenoxy) is 1. The first-order chi connectivity index (χ1) is 20.6. The van der Waals surface area contributed by atoms with Gasteiger partial charge in [0.2, 0.25) is 5.88 Å². The molecule has 220 valence electrons. The van der Waals surface area contributed by atoms with E-state index in [4.69, 9.17) is 21.3 Å². The predicted octanol–water partition coefficient (Wildman–Crippen LogP) is 6.50. The number of methoxy groups -OCH3 is 1. The molecule has 0 radical (unpaired) electrons. The molecule has 1 N–H and O–H groups in total. The first-order valence-electron chi connectivity index (χ1n) is 13.7. The molecule has 1 aliphatic carbocycles. The van der Waals surface area contributed by atoms with Crippen LogP contribution in [-0.2, 0) is 26.9 Å². The quantitative estimate of drug-likeness (QED) is 0.238. The maximum Gasteiger partial charge on any atom is 0.330 e. The Morgan fingerprint density at radius 2 is 1.70 bits per heavy atom. The average molecular weight is 604 g/mol. The molecule has 0 unspecified atom stereocenters. The molecule has 43 heavy (non-hydrogen) atoms. The van der Waals surface area contributed by atoms with Gasteiger partial charge in [-0.3, -0.25) is 13.9 Å². The van der Waals surface area contributed by atoms with Crippen LogP contribution in [0.2, 0.25) is 5.02 Å². The molecular weight excluding hydrogens is 576 g/mol. The maximum absolute atomic E-state index is 13.8. The van der Waals surface area contributed by atoms with E-state index in [1.165, 1.54) is 19.7 Å². The van der Waals surface area contributed by atoms with Gasteiger partial charge in [0.05, 0.1) is 23.3 Å². The molecule has 3 heterocycles. The van der Waals surface area contributed by atoms with Crippen LogP contribution >= 0.6 is 11.6 Å². The molecular formula is C32H28ClF2N5O3. The normalized spacial score (nSPS) is 12.7. The fourth-order valence-corrected chi connectivity index (χ4v) is 6.12. The molecule has 0 fully saturated rings. The number of hydrogen-bond donors (Lipinski definition) is 1. The van der Waals surface area contributed by atoms with Crippen molar-refractivity contribution in [2.24, 2.45) is 14.1 Å². The lowest BCUT2D eigenvalue weighted by atomic mass is 9.96. The fourth-order valence-electron chi connectivity index (χ4n) is 5.79. The third kappa shape index (κ3) is 4.75. The summed E-state index contributed by atoms with van der Waals surface area (Å²) in [5.41, 5.74) is 4.88. The Labute approximate surface area is 250 Å². The van der Waals surface area contributed by atoms with Gasteiger partial charge < -0.3 is 10.1 Å². The van der Waals surface area contributed by atoms with Crippen molar-refractivity contribution in [1.82, 2.24) is 19.1 Å². The molecule has 8 nitrogen and oxygen atoms in total.